The van der Waals surface area contributed by atoms with Crippen LogP contribution in [0.5, 0.6) is 0 Å². The maximum atomic E-state index is 11.9. The lowest BCUT2D eigenvalue weighted by Crippen LogP contribution is -2.35. The second-order valence-corrected chi connectivity index (χ2v) is 4.43. The third-order valence-corrected chi connectivity index (χ3v) is 2.91. The van der Waals surface area contributed by atoms with Gasteiger partial charge in [0, 0.05) is 25.4 Å². The normalized spacial score (nSPS) is 14.6. The highest BCUT2D eigenvalue weighted by Gasteiger charge is 2.32. The molecule has 4 heteroatoms. The van der Waals surface area contributed by atoms with Crippen molar-refractivity contribution in [2.24, 2.45) is 0 Å². The zero-order valence-electron chi connectivity index (χ0n) is 10.1. The van der Waals surface area contributed by atoms with Gasteiger partial charge in [-0.2, -0.15) is 0 Å². The summed E-state index contributed by atoms with van der Waals surface area (Å²) < 4.78 is 4.91. The third kappa shape index (κ3) is 3.20. The maximum Gasteiger partial charge on any atom is 0.249 e. The SMILES string of the molecule is COCC(=O)N(Cc1ccc(N)cc1)C1CC1. The zero-order chi connectivity index (χ0) is 12.3. The van der Waals surface area contributed by atoms with Crippen molar-refractivity contribution in [1.29, 1.82) is 0 Å². The van der Waals surface area contributed by atoms with Crippen LogP contribution in [0.1, 0.15) is 18.4 Å². The summed E-state index contributed by atoms with van der Waals surface area (Å²) in [5.41, 5.74) is 7.49. The molecule has 1 aliphatic carbocycles. The molecule has 0 spiro atoms. The van der Waals surface area contributed by atoms with Gasteiger partial charge in [-0.25, -0.2) is 0 Å². The van der Waals surface area contributed by atoms with Crippen molar-refractivity contribution in [2.75, 3.05) is 19.5 Å². The number of ether oxygens (including phenoxy) is 1. The molecule has 2 rings (SSSR count). The van der Waals surface area contributed by atoms with Gasteiger partial charge in [-0.05, 0) is 30.5 Å². The van der Waals surface area contributed by atoms with Crippen LogP contribution in [-0.4, -0.2) is 30.6 Å². The van der Waals surface area contributed by atoms with E-state index >= 15 is 0 Å². The molecule has 4 nitrogen and oxygen atoms in total. The largest absolute Gasteiger partial charge is 0.399 e. The molecule has 0 atom stereocenters. The van der Waals surface area contributed by atoms with Crippen LogP contribution in [0.4, 0.5) is 5.69 Å². The summed E-state index contributed by atoms with van der Waals surface area (Å²) in [6.45, 7) is 0.804. The number of benzene rings is 1. The number of nitrogen functional groups attached to an aromatic ring is 1. The number of nitrogens with two attached hydrogens (primary N) is 1. The Kier molecular flexibility index (Phi) is 3.64. The molecule has 0 aromatic heterocycles. The Balaban J connectivity index is 2.02. The van der Waals surface area contributed by atoms with Crippen LogP contribution in [0.3, 0.4) is 0 Å². The molecule has 0 saturated heterocycles. The monoisotopic (exact) mass is 234 g/mol. The summed E-state index contributed by atoms with van der Waals surface area (Å²) in [4.78, 5) is 13.8. The molecule has 17 heavy (non-hydrogen) atoms. The van der Waals surface area contributed by atoms with Crippen molar-refractivity contribution in [1.82, 2.24) is 4.90 Å². The Morgan fingerprint density at radius 3 is 2.59 bits per heavy atom. The Bertz CT molecular complexity index is 385. The summed E-state index contributed by atoms with van der Waals surface area (Å²) >= 11 is 0. The van der Waals surface area contributed by atoms with Crippen LogP contribution in [0.15, 0.2) is 24.3 Å². The smallest absolute Gasteiger partial charge is 0.249 e. The fourth-order valence-corrected chi connectivity index (χ4v) is 1.83. The molecule has 0 radical (unpaired) electrons. The van der Waals surface area contributed by atoms with Gasteiger partial charge < -0.3 is 15.4 Å². The highest BCUT2D eigenvalue weighted by Crippen LogP contribution is 2.28. The van der Waals surface area contributed by atoms with Gasteiger partial charge in [0.1, 0.15) is 6.61 Å². The van der Waals surface area contributed by atoms with E-state index in [1.807, 2.05) is 29.2 Å². The number of nitrogens with zero attached hydrogens (tertiary/aromatic N) is 1. The van der Waals surface area contributed by atoms with Crippen LogP contribution in [-0.2, 0) is 16.1 Å². The fraction of sp³-hybridized carbons (Fsp3) is 0.462. The van der Waals surface area contributed by atoms with Gasteiger partial charge in [-0.3, -0.25) is 4.79 Å². The highest BCUT2D eigenvalue weighted by atomic mass is 16.5. The predicted molar refractivity (Wildman–Crippen MR) is 66.3 cm³/mol. The van der Waals surface area contributed by atoms with Crippen LogP contribution in [0.2, 0.25) is 0 Å². The molecule has 1 aliphatic rings. The summed E-state index contributed by atoms with van der Waals surface area (Å²) in [6.07, 6.45) is 2.20. The van der Waals surface area contributed by atoms with Gasteiger partial charge in [0.15, 0.2) is 0 Å². The second-order valence-electron chi connectivity index (χ2n) is 4.43. The van der Waals surface area contributed by atoms with Crippen LogP contribution >= 0.6 is 0 Å². The minimum absolute atomic E-state index is 0.0619. The van der Waals surface area contributed by atoms with E-state index in [-0.39, 0.29) is 12.5 Å². The average molecular weight is 234 g/mol. The second kappa shape index (κ2) is 5.19. The zero-order valence-corrected chi connectivity index (χ0v) is 10.1. The summed E-state index contributed by atoms with van der Waals surface area (Å²) in [7, 11) is 1.55. The molecule has 0 heterocycles. The predicted octanol–water partition coefficient (Wildman–Crippen LogP) is 1.41. The number of anilines is 1. The molecule has 1 aromatic carbocycles. The molecule has 0 unspecified atom stereocenters. The van der Waals surface area contributed by atoms with Crippen molar-refractivity contribution >= 4 is 11.6 Å². The molecule has 2 N–H and O–H groups in total. The highest BCUT2D eigenvalue weighted by molar-refractivity contribution is 5.78. The van der Waals surface area contributed by atoms with E-state index in [0.717, 1.165) is 24.1 Å². The van der Waals surface area contributed by atoms with Crippen molar-refractivity contribution < 1.29 is 9.53 Å². The number of amides is 1. The standard InChI is InChI=1S/C13H18N2O2/c1-17-9-13(16)15(12-6-7-12)8-10-2-4-11(14)5-3-10/h2-5,12H,6-9,14H2,1H3. The quantitative estimate of drug-likeness (QED) is 0.784. The third-order valence-electron chi connectivity index (χ3n) is 2.91. The lowest BCUT2D eigenvalue weighted by atomic mass is 10.2. The lowest BCUT2D eigenvalue weighted by molar-refractivity contribution is -0.136. The number of rotatable bonds is 5. The van der Waals surface area contributed by atoms with E-state index in [4.69, 9.17) is 10.5 Å². The number of carbonyl (C=O) groups excluding carboxylic acids is 1. The minimum Gasteiger partial charge on any atom is -0.399 e. The topological polar surface area (TPSA) is 55.6 Å². The molecule has 1 amide bonds. The molecular weight excluding hydrogens is 216 g/mol. The summed E-state index contributed by atoms with van der Waals surface area (Å²) in [5.74, 6) is 0.0619. The van der Waals surface area contributed by atoms with Gasteiger partial charge in [0.05, 0.1) is 0 Å². The van der Waals surface area contributed by atoms with E-state index in [1.54, 1.807) is 7.11 Å². The Morgan fingerprint density at radius 2 is 2.06 bits per heavy atom. The first kappa shape index (κ1) is 11.9. The van der Waals surface area contributed by atoms with Crippen molar-refractivity contribution in [2.45, 2.75) is 25.4 Å². The molecule has 1 saturated carbocycles. The average Bonchev–Trinajstić information content (AvgIpc) is 3.12. The summed E-state index contributed by atoms with van der Waals surface area (Å²) in [6, 6.07) is 8.05. The van der Waals surface area contributed by atoms with Gasteiger partial charge in [0.2, 0.25) is 5.91 Å². The fourth-order valence-electron chi connectivity index (χ4n) is 1.83. The molecular formula is C13H18N2O2. The molecule has 92 valence electrons. The lowest BCUT2D eigenvalue weighted by Gasteiger charge is -2.22. The first-order valence-electron chi connectivity index (χ1n) is 5.83. The van der Waals surface area contributed by atoms with Gasteiger partial charge in [-0.1, -0.05) is 12.1 Å². The van der Waals surface area contributed by atoms with Gasteiger partial charge in [-0.15, -0.1) is 0 Å². The van der Waals surface area contributed by atoms with E-state index < -0.39 is 0 Å². The first-order valence-corrected chi connectivity index (χ1v) is 5.83. The van der Waals surface area contributed by atoms with E-state index in [0.29, 0.717) is 12.6 Å². The molecule has 1 aromatic rings. The number of hydrogen-bond acceptors (Lipinski definition) is 3. The summed E-state index contributed by atoms with van der Waals surface area (Å²) in [5, 5.41) is 0. The van der Waals surface area contributed by atoms with E-state index in [1.165, 1.54) is 0 Å². The van der Waals surface area contributed by atoms with Crippen molar-refractivity contribution in [3.63, 3.8) is 0 Å². The Morgan fingerprint density at radius 1 is 1.41 bits per heavy atom. The van der Waals surface area contributed by atoms with Crippen LogP contribution in [0.25, 0.3) is 0 Å². The van der Waals surface area contributed by atoms with Gasteiger partial charge >= 0.3 is 0 Å². The minimum atomic E-state index is 0.0619. The number of hydrogen-bond donors (Lipinski definition) is 1. The number of methoxy groups -OCH3 is 1. The van der Waals surface area contributed by atoms with E-state index in [9.17, 15) is 4.79 Å². The first-order chi connectivity index (χ1) is 8.20. The molecule has 1 fully saturated rings. The van der Waals surface area contributed by atoms with Crippen molar-refractivity contribution in [3.05, 3.63) is 29.8 Å². The Hall–Kier alpha value is -1.55. The van der Waals surface area contributed by atoms with Gasteiger partial charge in [0.25, 0.3) is 0 Å². The Labute approximate surface area is 101 Å². The van der Waals surface area contributed by atoms with Crippen LogP contribution < -0.4 is 5.73 Å². The van der Waals surface area contributed by atoms with Crippen LogP contribution in [0, 0.1) is 0 Å². The van der Waals surface area contributed by atoms with Crippen molar-refractivity contribution in [3.8, 4) is 0 Å². The molecule has 0 bridgehead atoms. The molecule has 0 aliphatic heterocycles. The van der Waals surface area contributed by atoms with E-state index in [2.05, 4.69) is 0 Å². The maximum absolute atomic E-state index is 11.9. The number of carbonyl (C=O) groups is 1.